The molecule has 24 heavy (non-hydrogen) atoms. The van der Waals surface area contributed by atoms with Crippen LogP contribution in [0.25, 0.3) is 0 Å². The Morgan fingerprint density at radius 2 is 2.00 bits per heavy atom. The molecule has 2 aromatic rings. The summed E-state index contributed by atoms with van der Waals surface area (Å²) in [6.45, 7) is 1.97. The van der Waals surface area contributed by atoms with E-state index in [1.165, 1.54) is 19.1 Å². The van der Waals surface area contributed by atoms with Crippen molar-refractivity contribution in [3.05, 3.63) is 52.8 Å². The smallest absolute Gasteiger partial charge is 0.339 e. The molecule has 0 saturated heterocycles. The fourth-order valence-electron chi connectivity index (χ4n) is 2.57. The number of carbonyl (C=O) groups is 1. The summed E-state index contributed by atoms with van der Waals surface area (Å²) in [6, 6.07) is 7.61. The fraction of sp³-hybridized carbons (Fsp3) is 0.188. The number of amides is 1. The number of halogens is 2. The van der Waals surface area contributed by atoms with Crippen LogP contribution in [0.2, 0.25) is 5.02 Å². The van der Waals surface area contributed by atoms with Crippen molar-refractivity contribution < 1.29 is 21.8 Å². The highest BCUT2D eigenvalue weighted by Gasteiger charge is 2.26. The maximum atomic E-state index is 13.0. The summed E-state index contributed by atoms with van der Waals surface area (Å²) < 4.78 is 42.8. The molecule has 1 heterocycles. The molecule has 1 amide bonds. The number of fused-ring (bicyclic) bond motifs is 1. The first-order valence-corrected chi connectivity index (χ1v) is 8.87. The first-order chi connectivity index (χ1) is 11.3. The maximum Gasteiger partial charge on any atom is 0.339 e. The molecule has 0 spiro atoms. The van der Waals surface area contributed by atoms with Crippen LogP contribution in [0.15, 0.2) is 41.3 Å². The van der Waals surface area contributed by atoms with Gasteiger partial charge in [-0.25, -0.2) is 4.39 Å². The van der Waals surface area contributed by atoms with Gasteiger partial charge in [0.25, 0.3) is 0 Å². The van der Waals surface area contributed by atoms with Gasteiger partial charge < -0.3 is 9.08 Å². The van der Waals surface area contributed by atoms with Gasteiger partial charge in [-0.05, 0) is 48.4 Å². The van der Waals surface area contributed by atoms with Crippen LogP contribution in [0.1, 0.15) is 12.5 Å². The number of benzene rings is 2. The van der Waals surface area contributed by atoms with Gasteiger partial charge in [-0.3, -0.25) is 4.79 Å². The van der Waals surface area contributed by atoms with Crippen LogP contribution in [-0.2, 0) is 21.3 Å². The first-order valence-electron chi connectivity index (χ1n) is 7.08. The van der Waals surface area contributed by atoms with E-state index in [1.54, 1.807) is 11.0 Å². The third-order valence-corrected chi connectivity index (χ3v) is 5.23. The monoisotopic (exact) mass is 369 g/mol. The molecular weight excluding hydrogens is 357 g/mol. The van der Waals surface area contributed by atoms with E-state index in [0.29, 0.717) is 18.7 Å². The second-order valence-corrected chi connectivity index (χ2v) is 7.28. The zero-order valence-electron chi connectivity index (χ0n) is 12.6. The summed E-state index contributed by atoms with van der Waals surface area (Å²) in [6.07, 6.45) is 0.565. The first kappa shape index (κ1) is 16.7. The van der Waals surface area contributed by atoms with Crippen molar-refractivity contribution in [2.24, 2.45) is 0 Å². The molecule has 1 aliphatic rings. The highest BCUT2D eigenvalue weighted by molar-refractivity contribution is 7.87. The molecule has 0 N–H and O–H groups in total. The highest BCUT2D eigenvalue weighted by atomic mass is 35.5. The number of rotatable bonds is 3. The number of hydrogen-bond donors (Lipinski definition) is 0. The van der Waals surface area contributed by atoms with Crippen LogP contribution in [0, 0.1) is 5.82 Å². The van der Waals surface area contributed by atoms with Crippen molar-refractivity contribution in [2.75, 3.05) is 11.4 Å². The molecule has 8 heteroatoms. The maximum absolute atomic E-state index is 13.0. The predicted octanol–water partition coefficient (Wildman–Crippen LogP) is 3.16. The van der Waals surface area contributed by atoms with Gasteiger partial charge in [0.2, 0.25) is 5.91 Å². The lowest BCUT2D eigenvalue weighted by Crippen LogP contribution is -2.25. The van der Waals surface area contributed by atoms with Crippen molar-refractivity contribution in [3.8, 4) is 5.75 Å². The molecule has 1 aliphatic heterocycles. The largest absolute Gasteiger partial charge is 0.377 e. The molecule has 2 aromatic carbocycles. The lowest BCUT2D eigenvalue weighted by atomic mass is 10.2. The highest BCUT2D eigenvalue weighted by Crippen LogP contribution is 2.32. The molecule has 0 aromatic heterocycles. The van der Waals surface area contributed by atoms with E-state index in [4.69, 9.17) is 15.8 Å². The lowest BCUT2D eigenvalue weighted by Gasteiger charge is -2.15. The summed E-state index contributed by atoms with van der Waals surface area (Å²) in [5.41, 5.74) is 1.45. The molecule has 0 bridgehead atoms. The topological polar surface area (TPSA) is 63.7 Å². The summed E-state index contributed by atoms with van der Waals surface area (Å²) in [5, 5.41) is -0.137. The molecule has 0 aliphatic carbocycles. The summed E-state index contributed by atoms with van der Waals surface area (Å²) >= 11 is 5.80. The van der Waals surface area contributed by atoms with E-state index in [9.17, 15) is 17.6 Å². The molecule has 3 rings (SSSR count). The fourth-order valence-corrected chi connectivity index (χ4v) is 3.82. The van der Waals surface area contributed by atoms with Gasteiger partial charge in [-0.2, -0.15) is 8.42 Å². The Labute approximate surface area is 143 Å². The van der Waals surface area contributed by atoms with Crippen LogP contribution >= 0.6 is 11.6 Å². The predicted molar refractivity (Wildman–Crippen MR) is 87.4 cm³/mol. The molecular formula is C16H13ClFNO4S. The minimum Gasteiger partial charge on any atom is -0.377 e. The Kier molecular flexibility index (Phi) is 4.23. The molecule has 126 valence electrons. The number of anilines is 1. The van der Waals surface area contributed by atoms with Crippen LogP contribution < -0.4 is 9.08 Å². The van der Waals surface area contributed by atoms with Crippen molar-refractivity contribution >= 4 is 33.3 Å². The zero-order valence-corrected chi connectivity index (χ0v) is 14.2. The standard InChI is InChI=1S/C16H13ClFNO4S/c1-10(20)19-7-6-11-8-13(3-4-15(11)19)24(21,22)23-16-5-2-12(18)9-14(16)17/h2-5,8-9H,6-7H2,1H3. The normalized spacial score (nSPS) is 13.7. The molecule has 5 nitrogen and oxygen atoms in total. The second kappa shape index (κ2) is 6.07. The Morgan fingerprint density at radius 3 is 2.67 bits per heavy atom. The Hall–Kier alpha value is -2.12. The van der Waals surface area contributed by atoms with Crippen LogP contribution in [0.3, 0.4) is 0 Å². The zero-order chi connectivity index (χ0) is 17.5. The molecule has 0 atom stereocenters. The summed E-state index contributed by atoms with van der Waals surface area (Å²) in [7, 11) is -4.12. The molecule has 0 unspecified atom stereocenters. The van der Waals surface area contributed by atoms with E-state index in [1.807, 2.05) is 0 Å². The third kappa shape index (κ3) is 3.09. The minimum atomic E-state index is -4.12. The van der Waals surface area contributed by atoms with E-state index in [0.717, 1.165) is 23.8 Å². The Bertz CT molecular complexity index is 930. The Balaban J connectivity index is 1.92. The van der Waals surface area contributed by atoms with Gasteiger partial charge in [0.1, 0.15) is 10.7 Å². The van der Waals surface area contributed by atoms with Crippen molar-refractivity contribution in [1.82, 2.24) is 0 Å². The average Bonchev–Trinajstić information content (AvgIpc) is 2.93. The average molecular weight is 370 g/mol. The molecule has 0 radical (unpaired) electrons. The minimum absolute atomic E-state index is 0.0490. The van der Waals surface area contributed by atoms with Crippen molar-refractivity contribution in [3.63, 3.8) is 0 Å². The van der Waals surface area contributed by atoms with E-state index in [-0.39, 0.29) is 21.6 Å². The second-order valence-electron chi connectivity index (χ2n) is 5.32. The Morgan fingerprint density at radius 1 is 1.25 bits per heavy atom. The van der Waals surface area contributed by atoms with Crippen molar-refractivity contribution in [2.45, 2.75) is 18.2 Å². The number of nitrogens with zero attached hydrogens (tertiary/aromatic N) is 1. The molecule has 0 fully saturated rings. The van der Waals surface area contributed by atoms with Crippen molar-refractivity contribution in [1.29, 1.82) is 0 Å². The summed E-state index contributed by atoms with van der Waals surface area (Å²) in [4.78, 5) is 13.1. The van der Waals surface area contributed by atoms with Gasteiger partial charge in [0.15, 0.2) is 5.75 Å². The van der Waals surface area contributed by atoms with Gasteiger partial charge >= 0.3 is 10.1 Å². The number of carbonyl (C=O) groups excluding carboxylic acids is 1. The van der Waals surface area contributed by atoms with Crippen LogP contribution in [0.4, 0.5) is 10.1 Å². The summed E-state index contributed by atoms with van der Waals surface area (Å²) in [5.74, 6) is -0.839. The number of hydrogen-bond acceptors (Lipinski definition) is 4. The SMILES string of the molecule is CC(=O)N1CCc2cc(S(=O)(=O)Oc3ccc(F)cc3Cl)ccc21. The van der Waals surface area contributed by atoms with Gasteiger partial charge in [-0.1, -0.05) is 11.6 Å². The van der Waals surface area contributed by atoms with Crippen LogP contribution in [-0.4, -0.2) is 20.9 Å². The third-order valence-electron chi connectivity index (χ3n) is 3.71. The van der Waals surface area contributed by atoms with E-state index < -0.39 is 15.9 Å². The van der Waals surface area contributed by atoms with Gasteiger partial charge in [0, 0.05) is 19.2 Å². The lowest BCUT2D eigenvalue weighted by molar-refractivity contribution is -0.116. The quantitative estimate of drug-likeness (QED) is 0.780. The van der Waals surface area contributed by atoms with Gasteiger partial charge in [0.05, 0.1) is 5.02 Å². The molecule has 0 saturated carbocycles. The van der Waals surface area contributed by atoms with E-state index >= 15 is 0 Å². The van der Waals surface area contributed by atoms with Gasteiger partial charge in [-0.15, -0.1) is 0 Å². The van der Waals surface area contributed by atoms with Crippen LogP contribution in [0.5, 0.6) is 5.75 Å². The van der Waals surface area contributed by atoms with E-state index in [2.05, 4.69) is 0 Å².